The Labute approximate surface area is 128 Å². The number of anilines is 1. The Morgan fingerprint density at radius 2 is 2.14 bits per heavy atom. The fraction of sp³-hybridized carbons (Fsp3) is 0.647. The van der Waals surface area contributed by atoms with Crippen molar-refractivity contribution < 1.29 is 9.47 Å². The van der Waals surface area contributed by atoms with Crippen molar-refractivity contribution in [2.24, 2.45) is 0 Å². The van der Waals surface area contributed by atoms with Crippen molar-refractivity contribution in [2.75, 3.05) is 45.8 Å². The Morgan fingerprint density at radius 1 is 1.29 bits per heavy atom. The monoisotopic (exact) mass is 292 g/mol. The molecule has 0 spiro atoms. The Kier molecular flexibility index (Phi) is 6.33. The molecular formula is C17H28N2O2. The maximum Gasteiger partial charge on any atom is 0.142 e. The van der Waals surface area contributed by atoms with Gasteiger partial charge in [0.1, 0.15) is 12.4 Å². The number of ether oxygens (including phenoxy) is 2. The van der Waals surface area contributed by atoms with Crippen LogP contribution in [0.3, 0.4) is 0 Å². The summed E-state index contributed by atoms with van der Waals surface area (Å²) in [6.07, 6.45) is 3.93. The minimum Gasteiger partial charge on any atom is -0.489 e. The third-order valence-electron chi connectivity index (χ3n) is 4.13. The first-order valence-corrected chi connectivity index (χ1v) is 7.87. The number of nitrogens with zero attached hydrogens (tertiary/aromatic N) is 1. The van der Waals surface area contributed by atoms with Crippen LogP contribution in [-0.2, 0) is 4.74 Å². The van der Waals surface area contributed by atoms with E-state index in [-0.39, 0.29) is 0 Å². The van der Waals surface area contributed by atoms with Gasteiger partial charge < -0.3 is 19.7 Å². The maximum absolute atomic E-state index is 5.82. The van der Waals surface area contributed by atoms with Crippen molar-refractivity contribution >= 4 is 5.69 Å². The van der Waals surface area contributed by atoms with Crippen LogP contribution in [0.4, 0.5) is 5.69 Å². The lowest BCUT2D eigenvalue weighted by atomic mass is 10.0. The molecule has 1 aliphatic rings. The molecule has 0 aliphatic carbocycles. The molecular weight excluding hydrogens is 264 g/mol. The summed E-state index contributed by atoms with van der Waals surface area (Å²) in [7, 11) is 3.91. The van der Waals surface area contributed by atoms with Gasteiger partial charge in [0.15, 0.2) is 0 Å². The van der Waals surface area contributed by atoms with Crippen LogP contribution < -0.4 is 10.1 Å². The van der Waals surface area contributed by atoms with Crippen LogP contribution in [0.25, 0.3) is 0 Å². The third kappa shape index (κ3) is 4.90. The zero-order valence-electron chi connectivity index (χ0n) is 13.5. The Morgan fingerprint density at radius 3 is 2.90 bits per heavy atom. The number of likely N-dealkylation sites (tertiary alicyclic amines) is 1. The second-order valence-electron chi connectivity index (χ2n) is 5.85. The highest BCUT2D eigenvalue weighted by Crippen LogP contribution is 2.26. The number of benzene rings is 1. The minimum atomic E-state index is 0.581. The predicted molar refractivity (Wildman–Crippen MR) is 87.3 cm³/mol. The minimum absolute atomic E-state index is 0.581. The summed E-state index contributed by atoms with van der Waals surface area (Å²) in [4.78, 5) is 2.45. The van der Waals surface area contributed by atoms with Gasteiger partial charge in [-0.05, 0) is 51.1 Å². The second-order valence-corrected chi connectivity index (χ2v) is 5.85. The molecule has 1 N–H and O–H groups in total. The van der Waals surface area contributed by atoms with Gasteiger partial charge in [-0.15, -0.1) is 0 Å². The average Bonchev–Trinajstić information content (AvgIpc) is 2.48. The second kappa shape index (κ2) is 8.25. The third-order valence-corrected chi connectivity index (χ3v) is 4.13. The number of likely N-dealkylation sites (N-methyl/N-ethyl adjacent to an activating group) is 1. The predicted octanol–water partition coefficient (Wildman–Crippen LogP) is 2.92. The molecule has 0 saturated carbocycles. The van der Waals surface area contributed by atoms with E-state index in [9.17, 15) is 0 Å². The van der Waals surface area contributed by atoms with Crippen LogP contribution in [0.5, 0.6) is 5.75 Å². The molecule has 1 unspecified atom stereocenters. The number of methoxy groups -OCH3 is 1. The Hall–Kier alpha value is -1.26. The lowest BCUT2D eigenvalue weighted by molar-refractivity contribution is 0.146. The molecule has 118 valence electrons. The first kappa shape index (κ1) is 16.1. The van der Waals surface area contributed by atoms with Crippen molar-refractivity contribution in [3.8, 4) is 5.75 Å². The van der Waals surface area contributed by atoms with Gasteiger partial charge >= 0.3 is 0 Å². The number of piperidine rings is 1. The summed E-state index contributed by atoms with van der Waals surface area (Å²) in [6, 6.07) is 6.94. The molecule has 4 heteroatoms. The van der Waals surface area contributed by atoms with Crippen LogP contribution in [0.2, 0.25) is 0 Å². The smallest absolute Gasteiger partial charge is 0.142 e. The first-order chi connectivity index (χ1) is 10.2. The highest BCUT2D eigenvalue weighted by atomic mass is 16.5. The van der Waals surface area contributed by atoms with E-state index in [1.807, 2.05) is 0 Å². The van der Waals surface area contributed by atoms with Gasteiger partial charge in [0.05, 0.1) is 12.3 Å². The Balaban J connectivity index is 1.94. The van der Waals surface area contributed by atoms with E-state index in [1.54, 1.807) is 7.11 Å². The first-order valence-electron chi connectivity index (χ1n) is 7.87. The number of rotatable bonds is 7. The van der Waals surface area contributed by atoms with Crippen LogP contribution in [0.1, 0.15) is 24.8 Å². The van der Waals surface area contributed by atoms with E-state index in [4.69, 9.17) is 9.47 Å². The topological polar surface area (TPSA) is 33.7 Å². The van der Waals surface area contributed by atoms with Gasteiger partial charge in [0, 0.05) is 19.7 Å². The molecule has 1 saturated heterocycles. The molecule has 1 aromatic carbocycles. The molecule has 21 heavy (non-hydrogen) atoms. The number of aryl methyl sites for hydroxylation is 1. The van der Waals surface area contributed by atoms with E-state index < -0.39 is 0 Å². The summed E-state index contributed by atoms with van der Waals surface area (Å²) in [5, 5.41) is 3.56. The standard InChI is InChI=1S/C17H28N2O2/c1-14-7-8-16(17(12-14)21-11-10-20-3)18-13-15-6-4-5-9-19(15)2/h7-8,12,15,18H,4-6,9-11,13H2,1-3H3. The summed E-state index contributed by atoms with van der Waals surface area (Å²) in [5.74, 6) is 0.922. The van der Waals surface area contributed by atoms with Gasteiger partial charge in [-0.1, -0.05) is 12.5 Å². The molecule has 0 bridgehead atoms. The van der Waals surface area contributed by atoms with E-state index in [0.717, 1.165) is 18.0 Å². The maximum atomic E-state index is 5.82. The largest absolute Gasteiger partial charge is 0.489 e. The van der Waals surface area contributed by atoms with Gasteiger partial charge in [0.2, 0.25) is 0 Å². The molecule has 2 rings (SSSR count). The molecule has 0 radical (unpaired) electrons. The van der Waals surface area contributed by atoms with E-state index in [0.29, 0.717) is 19.3 Å². The van der Waals surface area contributed by atoms with Crippen molar-refractivity contribution in [1.29, 1.82) is 0 Å². The molecule has 0 aromatic heterocycles. The highest BCUT2D eigenvalue weighted by molar-refractivity contribution is 5.57. The molecule has 1 heterocycles. The van der Waals surface area contributed by atoms with Crippen LogP contribution in [-0.4, -0.2) is 51.4 Å². The molecule has 1 atom stereocenters. The Bertz CT molecular complexity index is 437. The van der Waals surface area contributed by atoms with Gasteiger partial charge in [-0.2, -0.15) is 0 Å². The zero-order chi connectivity index (χ0) is 15.1. The van der Waals surface area contributed by atoms with Gasteiger partial charge in [-0.25, -0.2) is 0 Å². The van der Waals surface area contributed by atoms with Crippen molar-refractivity contribution in [3.05, 3.63) is 23.8 Å². The molecule has 1 aliphatic heterocycles. The van der Waals surface area contributed by atoms with E-state index in [1.165, 1.54) is 31.4 Å². The zero-order valence-corrected chi connectivity index (χ0v) is 13.5. The van der Waals surface area contributed by atoms with Gasteiger partial charge in [-0.3, -0.25) is 0 Å². The highest BCUT2D eigenvalue weighted by Gasteiger charge is 2.18. The average molecular weight is 292 g/mol. The lowest BCUT2D eigenvalue weighted by Crippen LogP contribution is -2.40. The van der Waals surface area contributed by atoms with Gasteiger partial charge in [0.25, 0.3) is 0 Å². The van der Waals surface area contributed by atoms with Crippen molar-refractivity contribution in [3.63, 3.8) is 0 Å². The van der Waals surface area contributed by atoms with Crippen LogP contribution in [0, 0.1) is 6.92 Å². The molecule has 4 nitrogen and oxygen atoms in total. The lowest BCUT2D eigenvalue weighted by Gasteiger charge is -2.33. The van der Waals surface area contributed by atoms with Crippen molar-refractivity contribution in [2.45, 2.75) is 32.2 Å². The van der Waals surface area contributed by atoms with E-state index >= 15 is 0 Å². The number of hydrogen-bond donors (Lipinski definition) is 1. The molecule has 1 fully saturated rings. The fourth-order valence-electron chi connectivity index (χ4n) is 2.76. The van der Waals surface area contributed by atoms with E-state index in [2.05, 4.69) is 42.4 Å². The van der Waals surface area contributed by atoms with Crippen molar-refractivity contribution in [1.82, 2.24) is 4.90 Å². The quantitative estimate of drug-likeness (QED) is 0.784. The number of nitrogens with one attached hydrogen (secondary N) is 1. The summed E-state index contributed by atoms with van der Waals surface area (Å²) < 4.78 is 10.9. The SMILES string of the molecule is COCCOc1cc(C)ccc1NCC1CCCCN1C. The normalized spacial score (nSPS) is 19.5. The molecule has 0 amide bonds. The fourth-order valence-corrected chi connectivity index (χ4v) is 2.76. The summed E-state index contributed by atoms with van der Waals surface area (Å²) in [5.41, 5.74) is 2.29. The van der Waals surface area contributed by atoms with Crippen LogP contribution in [0.15, 0.2) is 18.2 Å². The summed E-state index contributed by atoms with van der Waals surface area (Å²) >= 11 is 0. The van der Waals surface area contributed by atoms with Crippen LogP contribution >= 0.6 is 0 Å². The number of hydrogen-bond acceptors (Lipinski definition) is 4. The molecule has 1 aromatic rings. The summed E-state index contributed by atoms with van der Waals surface area (Å²) in [6.45, 7) is 5.45.